The van der Waals surface area contributed by atoms with Crippen molar-refractivity contribution in [1.82, 2.24) is 14.8 Å². The highest BCUT2D eigenvalue weighted by atomic mass is 35.5. The number of aryl methyl sites for hydroxylation is 1. The molecule has 0 saturated heterocycles. The maximum atomic E-state index is 12.2. The van der Waals surface area contributed by atoms with Gasteiger partial charge in [-0.25, -0.2) is 0 Å². The Balaban J connectivity index is 1.69. The van der Waals surface area contributed by atoms with Gasteiger partial charge in [-0.3, -0.25) is 14.9 Å². The van der Waals surface area contributed by atoms with Gasteiger partial charge >= 0.3 is 0 Å². The summed E-state index contributed by atoms with van der Waals surface area (Å²) in [5, 5.41) is 23.0. The van der Waals surface area contributed by atoms with Crippen molar-refractivity contribution in [1.29, 1.82) is 0 Å². The largest absolute Gasteiger partial charge is 0.325 e. The Kier molecular flexibility index (Phi) is 5.96. The Morgan fingerprint density at radius 3 is 2.82 bits per heavy atom. The number of nitro groups is 1. The number of aromatic nitrogens is 3. The topological polar surface area (TPSA) is 103 Å². The molecule has 3 rings (SSSR count). The highest BCUT2D eigenvalue weighted by Gasteiger charge is 2.15. The molecule has 1 heterocycles. The van der Waals surface area contributed by atoms with Gasteiger partial charge in [0.15, 0.2) is 11.0 Å². The average Bonchev–Trinajstić information content (AvgIpc) is 3.03. The van der Waals surface area contributed by atoms with E-state index in [1.807, 2.05) is 13.0 Å². The minimum atomic E-state index is -0.461. The van der Waals surface area contributed by atoms with E-state index >= 15 is 0 Å². The number of amides is 1. The molecule has 0 aliphatic rings. The second-order valence-corrected chi connectivity index (χ2v) is 7.35. The Bertz CT molecular complexity index is 1050. The molecule has 8 nitrogen and oxygen atoms in total. The molecule has 0 spiro atoms. The van der Waals surface area contributed by atoms with Crippen LogP contribution in [0.2, 0.25) is 5.02 Å². The van der Waals surface area contributed by atoms with Crippen molar-refractivity contribution >= 4 is 40.6 Å². The fourth-order valence-electron chi connectivity index (χ4n) is 2.50. The van der Waals surface area contributed by atoms with Gasteiger partial charge in [-0.1, -0.05) is 41.6 Å². The number of halogens is 1. The van der Waals surface area contributed by atoms with Crippen molar-refractivity contribution in [2.45, 2.75) is 12.1 Å². The van der Waals surface area contributed by atoms with Gasteiger partial charge < -0.3 is 9.88 Å². The van der Waals surface area contributed by atoms with Crippen molar-refractivity contribution in [2.75, 3.05) is 11.1 Å². The van der Waals surface area contributed by atoms with E-state index in [0.29, 0.717) is 27.3 Å². The van der Waals surface area contributed by atoms with Gasteiger partial charge in [0, 0.05) is 35.5 Å². The summed E-state index contributed by atoms with van der Waals surface area (Å²) in [6.45, 7) is 1.88. The molecule has 3 aromatic rings. The first-order valence-corrected chi connectivity index (χ1v) is 9.54. The van der Waals surface area contributed by atoms with Crippen molar-refractivity contribution < 1.29 is 9.72 Å². The van der Waals surface area contributed by atoms with Crippen LogP contribution < -0.4 is 5.32 Å². The van der Waals surface area contributed by atoms with E-state index in [-0.39, 0.29) is 17.3 Å². The number of non-ortho nitro benzene ring substituents is 1. The lowest BCUT2D eigenvalue weighted by atomic mass is 10.2. The number of nitrogens with zero attached hydrogens (tertiary/aromatic N) is 4. The monoisotopic (exact) mass is 417 g/mol. The standard InChI is InChI=1S/C18H16ClN5O3S/c1-11-6-7-13(19)9-15(11)20-16(25)10-28-18-22-21-17(23(18)2)12-4-3-5-14(8-12)24(26)27/h3-9H,10H2,1-2H3,(H,20,25). The summed E-state index contributed by atoms with van der Waals surface area (Å²) >= 11 is 7.19. The average molecular weight is 418 g/mol. The lowest BCUT2D eigenvalue weighted by Crippen LogP contribution is -2.15. The minimum Gasteiger partial charge on any atom is -0.325 e. The zero-order valence-electron chi connectivity index (χ0n) is 15.0. The van der Waals surface area contributed by atoms with Crippen LogP contribution in [0.3, 0.4) is 0 Å². The van der Waals surface area contributed by atoms with E-state index in [0.717, 1.165) is 5.56 Å². The lowest BCUT2D eigenvalue weighted by Gasteiger charge is -2.08. The molecule has 0 bridgehead atoms. The molecule has 1 amide bonds. The van der Waals surface area contributed by atoms with Gasteiger partial charge in [-0.05, 0) is 24.6 Å². The molecule has 0 radical (unpaired) electrons. The van der Waals surface area contributed by atoms with Crippen molar-refractivity contribution in [3.8, 4) is 11.4 Å². The molecule has 2 aromatic carbocycles. The predicted molar refractivity (Wildman–Crippen MR) is 109 cm³/mol. The number of hydrogen-bond acceptors (Lipinski definition) is 6. The maximum Gasteiger partial charge on any atom is 0.270 e. The summed E-state index contributed by atoms with van der Waals surface area (Å²) in [7, 11) is 1.75. The number of hydrogen-bond donors (Lipinski definition) is 1. The molecular formula is C18H16ClN5O3S. The van der Waals surface area contributed by atoms with E-state index in [1.54, 1.807) is 35.9 Å². The van der Waals surface area contributed by atoms with Crippen molar-refractivity contribution in [3.05, 3.63) is 63.2 Å². The summed E-state index contributed by atoms with van der Waals surface area (Å²) in [4.78, 5) is 22.7. The first kappa shape index (κ1) is 19.8. The van der Waals surface area contributed by atoms with Crippen LogP contribution >= 0.6 is 23.4 Å². The molecule has 0 unspecified atom stereocenters. The SMILES string of the molecule is Cc1ccc(Cl)cc1NC(=O)CSc1nnc(-c2cccc([N+](=O)[O-])c2)n1C. The summed E-state index contributed by atoms with van der Waals surface area (Å²) in [5.74, 6) is 0.417. The van der Waals surface area contributed by atoms with Crippen molar-refractivity contribution in [2.24, 2.45) is 7.05 Å². The summed E-state index contributed by atoms with van der Waals surface area (Å²) in [5.41, 5.74) is 2.13. The Labute approximate surface area is 170 Å². The van der Waals surface area contributed by atoms with E-state index in [4.69, 9.17) is 11.6 Å². The van der Waals surface area contributed by atoms with Gasteiger partial charge in [-0.15, -0.1) is 10.2 Å². The van der Waals surface area contributed by atoms with Gasteiger partial charge in [0.05, 0.1) is 10.7 Å². The Morgan fingerprint density at radius 1 is 1.29 bits per heavy atom. The minimum absolute atomic E-state index is 0.0222. The third-order valence-electron chi connectivity index (χ3n) is 3.96. The van der Waals surface area contributed by atoms with Gasteiger partial charge in [0.1, 0.15) is 0 Å². The van der Waals surface area contributed by atoms with Crippen LogP contribution in [0.1, 0.15) is 5.56 Å². The quantitative estimate of drug-likeness (QED) is 0.368. The molecule has 0 aliphatic heterocycles. The molecule has 10 heteroatoms. The number of carbonyl (C=O) groups excluding carboxylic acids is 1. The first-order chi connectivity index (χ1) is 13.3. The molecule has 0 atom stereocenters. The highest BCUT2D eigenvalue weighted by Crippen LogP contribution is 2.26. The van der Waals surface area contributed by atoms with Crippen LogP contribution in [-0.2, 0) is 11.8 Å². The first-order valence-electron chi connectivity index (χ1n) is 8.18. The van der Waals surface area contributed by atoms with Crippen LogP contribution in [0.5, 0.6) is 0 Å². The number of benzene rings is 2. The second-order valence-electron chi connectivity index (χ2n) is 5.97. The molecule has 0 saturated carbocycles. The van der Waals surface area contributed by atoms with Gasteiger partial charge in [-0.2, -0.15) is 0 Å². The van der Waals surface area contributed by atoms with Crippen LogP contribution in [0.15, 0.2) is 47.6 Å². The molecular weight excluding hydrogens is 402 g/mol. The molecule has 0 aliphatic carbocycles. The van der Waals surface area contributed by atoms with Gasteiger partial charge in [0.25, 0.3) is 5.69 Å². The van der Waals surface area contributed by atoms with Crippen LogP contribution in [0, 0.1) is 17.0 Å². The fraction of sp³-hybridized carbons (Fsp3) is 0.167. The summed E-state index contributed by atoms with van der Waals surface area (Å²) in [6.07, 6.45) is 0. The zero-order chi connectivity index (χ0) is 20.3. The maximum absolute atomic E-state index is 12.2. The number of nitro benzene ring substituents is 1. The summed E-state index contributed by atoms with van der Waals surface area (Å²) in [6, 6.07) is 11.5. The predicted octanol–water partition coefficient (Wildman–Crippen LogP) is 4.08. The normalized spacial score (nSPS) is 10.7. The number of carbonyl (C=O) groups is 1. The fourth-order valence-corrected chi connectivity index (χ4v) is 3.38. The van der Waals surface area contributed by atoms with E-state index in [2.05, 4.69) is 15.5 Å². The van der Waals surface area contributed by atoms with Gasteiger partial charge in [0.2, 0.25) is 5.91 Å². The lowest BCUT2D eigenvalue weighted by molar-refractivity contribution is -0.384. The molecule has 1 aromatic heterocycles. The Hall–Kier alpha value is -2.91. The smallest absolute Gasteiger partial charge is 0.270 e. The Morgan fingerprint density at radius 2 is 2.07 bits per heavy atom. The highest BCUT2D eigenvalue weighted by molar-refractivity contribution is 7.99. The number of nitrogens with one attached hydrogen (secondary N) is 1. The third kappa shape index (κ3) is 4.49. The van der Waals surface area contributed by atoms with E-state index in [1.165, 1.54) is 23.9 Å². The third-order valence-corrected chi connectivity index (χ3v) is 5.21. The van der Waals surface area contributed by atoms with E-state index < -0.39 is 4.92 Å². The molecule has 28 heavy (non-hydrogen) atoms. The number of thioether (sulfide) groups is 1. The molecule has 144 valence electrons. The van der Waals surface area contributed by atoms with Crippen LogP contribution in [-0.4, -0.2) is 31.3 Å². The van der Waals surface area contributed by atoms with E-state index in [9.17, 15) is 14.9 Å². The van der Waals surface area contributed by atoms with Crippen molar-refractivity contribution in [3.63, 3.8) is 0 Å². The summed E-state index contributed by atoms with van der Waals surface area (Å²) < 4.78 is 1.70. The number of anilines is 1. The zero-order valence-corrected chi connectivity index (χ0v) is 16.6. The van der Waals surface area contributed by atoms with Crippen LogP contribution in [0.25, 0.3) is 11.4 Å². The molecule has 0 fully saturated rings. The number of rotatable bonds is 6. The molecule has 1 N–H and O–H groups in total. The second kappa shape index (κ2) is 8.41. The van der Waals surface area contributed by atoms with Crippen LogP contribution in [0.4, 0.5) is 11.4 Å².